The zero-order chi connectivity index (χ0) is 23.0. The minimum Gasteiger partial charge on any atom is -0.390 e. The van der Waals surface area contributed by atoms with Crippen molar-refractivity contribution < 1.29 is 10.2 Å². The van der Waals surface area contributed by atoms with E-state index in [4.69, 9.17) is 5.53 Å². The lowest BCUT2D eigenvalue weighted by Gasteiger charge is -2.40. The van der Waals surface area contributed by atoms with Crippen molar-refractivity contribution in [2.75, 3.05) is 0 Å². The van der Waals surface area contributed by atoms with E-state index in [1.54, 1.807) is 0 Å². The first-order valence-electron chi connectivity index (χ1n) is 12.5. The van der Waals surface area contributed by atoms with Crippen molar-refractivity contribution in [2.45, 2.75) is 154 Å². The molecule has 178 valence electrons. The molecule has 0 bridgehead atoms. The summed E-state index contributed by atoms with van der Waals surface area (Å²) in [4.78, 5) is 2.95. The number of unbranched alkanes of at least 4 members (excludes halogenated alkanes) is 11. The zero-order valence-electron chi connectivity index (χ0n) is 20.9. The van der Waals surface area contributed by atoms with Gasteiger partial charge in [-0.25, -0.2) is 0 Å². The Morgan fingerprint density at radius 1 is 0.833 bits per heavy atom. The predicted octanol–water partition coefficient (Wildman–Crippen LogP) is 7.99. The third kappa shape index (κ3) is 13.0. The summed E-state index contributed by atoms with van der Waals surface area (Å²) in [5.41, 5.74) is 8.94. The molecule has 3 atom stereocenters. The first-order chi connectivity index (χ1) is 14.1. The van der Waals surface area contributed by atoms with Gasteiger partial charge in [-0.05, 0) is 23.0 Å². The Morgan fingerprint density at radius 2 is 1.27 bits per heavy atom. The number of aliphatic hydroxyl groups is 2. The number of hydrogen-bond acceptors (Lipinski definition) is 3. The van der Waals surface area contributed by atoms with E-state index in [1.165, 1.54) is 64.2 Å². The second-order valence-corrected chi connectivity index (χ2v) is 16.5. The molecule has 0 saturated heterocycles. The fourth-order valence-electron chi connectivity index (χ4n) is 3.75. The molecular weight excluding hydrogens is 390 g/mol. The van der Waals surface area contributed by atoms with Crippen molar-refractivity contribution >= 4 is 8.07 Å². The van der Waals surface area contributed by atoms with Crippen LogP contribution in [0.25, 0.3) is 10.4 Å². The number of azide groups is 1. The molecule has 0 saturated carbocycles. The van der Waals surface area contributed by atoms with Crippen molar-refractivity contribution in [2.24, 2.45) is 5.11 Å². The maximum absolute atomic E-state index is 10.6. The predicted molar refractivity (Wildman–Crippen MR) is 133 cm³/mol. The maximum Gasteiger partial charge on any atom is 0.0880 e. The largest absolute Gasteiger partial charge is 0.390 e. The van der Waals surface area contributed by atoms with Crippen molar-refractivity contribution in [1.82, 2.24) is 0 Å². The fourth-order valence-corrected chi connectivity index (χ4v) is 5.73. The molecule has 0 radical (unpaired) electrons. The van der Waals surface area contributed by atoms with Crippen molar-refractivity contribution in [3.8, 4) is 0 Å². The van der Waals surface area contributed by atoms with Crippen LogP contribution in [0, 0.1) is 0 Å². The van der Waals surface area contributed by atoms with Gasteiger partial charge in [-0.3, -0.25) is 0 Å². The average molecular weight is 442 g/mol. The number of rotatable bonds is 18. The molecule has 5 nitrogen and oxygen atoms in total. The van der Waals surface area contributed by atoms with E-state index >= 15 is 0 Å². The molecule has 0 aromatic heterocycles. The monoisotopic (exact) mass is 441 g/mol. The normalized spacial score (nSPS) is 15.5. The van der Waals surface area contributed by atoms with Crippen LogP contribution in [0.5, 0.6) is 0 Å². The van der Waals surface area contributed by atoms with Gasteiger partial charge in [0.1, 0.15) is 0 Å². The Balaban J connectivity index is 4.07. The van der Waals surface area contributed by atoms with E-state index in [1.807, 2.05) is 0 Å². The molecule has 0 aliphatic carbocycles. The summed E-state index contributed by atoms with van der Waals surface area (Å²) in [6.45, 7) is 13.4. The lowest BCUT2D eigenvalue weighted by molar-refractivity contribution is 0.00151. The van der Waals surface area contributed by atoms with Crippen molar-refractivity contribution in [3.63, 3.8) is 0 Å². The number of hydrogen-bond donors (Lipinski definition) is 2. The Labute approximate surface area is 187 Å². The molecule has 2 N–H and O–H groups in total. The number of aliphatic hydroxyl groups excluding tert-OH is 2. The molecular formula is C24H51N3O2Si. The Hall–Kier alpha value is -0.553. The molecule has 0 heterocycles. The van der Waals surface area contributed by atoms with Crippen molar-refractivity contribution in [1.29, 1.82) is 0 Å². The van der Waals surface area contributed by atoms with Crippen LogP contribution in [0.1, 0.15) is 111 Å². The van der Waals surface area contributed by atoms with Crippen LogP contribution in [0.4, 0.5) is 0 Å². The molecule has 0 aromatic carbocycles. The van der Waals surface area contributed by atoms with Gasteiger partial charge in [0.05, 0.1) is 26.3 Å². The zero-order valence-corrected chi connectivity index (χ0v) is 21.9. The van der Waals surface area contributed by atoms with Crippen LogP contribution >= 0.6 is 0 Å². The van der Waals surface area contributed by atoms with E-state index in [9.17, 15) is 10.2 Å². The molecule has 0 amide bonds. The van der Waals surface area contributed by atoms with Crippen LogP contribution in [0.15, 0.2) is 5.11 Å². The van der Waals surface area contributed by atoms with E-state index < -0.39 is 26.3 Å². The summed E-state index contributed by atoms with van der Waals surface area (Å²) >= 11 is 0. The maximum atomic E-state index is 10.6. The quantitative estimate of drug-likeness (QED) is 0.0741. The lowest BCUT2D eigenvalue weighted by atomic mass is 10.00. The van der Waals surface area contributed by atoms with Gasteiger partial charge in [-0.15, -0.1) is 0 Å². The molecule has 6 heteroatoms. The standard InChI is InChI=1S/C24H51N3O2Si/c1-7-8-9-10-11-12-13-14-15-16-17-18-19-22(28)23(29)21(26-27-25)20-30(5,6)24(2,3)4/h21-23,28-29H,7-20H2,1-6H3/t21-,22-,23+/m1/s1. The molecule has 0 fully saturated rings. The summed E-state index contributed by atoms with van der Waals surface area (Å²) in [5.74, 6) is 0. The second-order valence-electron chi connectivity index (χ2n) is 10.8. The highest BCUT2D eigenvalue weighted by Gasteiger charge is 2.39. The van der Waals surface area contributed by atoms with Gasteiger partial charge in [0.2, 0.25) is 0 Å². The molecule has 0 unspecified atom stereocenters. The highest BCUT2D eigenvalue weighted by Crippen LogP contribution is 2.40. The van der Waals surface area contributed by atoms with Crippen molar-refractivity contribution in [3.05, 3.63) is 10.4 Å². The third-order valence-corrected chi connectivity index (χ3v) is 12.6. The van der Waals surface area contributed by atoms with Crippen LogP contribution in [-0.2, 0) is 0 Å². The molecule has 0 aliphatic rings. The Morgan fingerprint density at radius 3 is 1.67 bits per heavy atom. The summed E-state index contributed by atoms with van der Waals surface area (Å²) in [7, 11) is -1.72. The minimum absolute atomic E-state index is 0.149. The lowest BCUT2D eigenvalue weighted by Crippen LogP contribution is -2.45. The third-order valence-electron chi connectivity index (χ3n) is 7.09. The smallest absolute Gasteiger partial charge is 0.0880 e. The minimum atomic E-state index is -1.72. The summed E-state index contributed by atoms with van der Waals surface area (Å²) in [6.07, 6.45) is 14.1. The van der Waals surface area contributed by atoms with Gasteiger partial charge in [0.15, 0.2) is 0 Å². The first-order valence-corrected chi connectivity index (χ1v) is 15.7. The van der Waals surface area contributed by atoms with Gasteiger partial charge >= 0.3 is 0 Å². The SMILES string of the molecule is CCCCCCCCCCCCCC[C@@H](O)[C@@H](O)[C@@H](C[Si](C)(C)C(C)(C)C)N=[N+]=[N-]. The van der Waals surface area contributed by atoms with E-state index in [-0.39, 0.29) is 5.04 Å². The first kappa shape index (κ1) is 29.4. The highest BCUT2D eigenvalue weighted by molar-refractivity contribution is 6.80. The van der Waals surface area contributed by atoms with E-state index in [2.05, 4.69) is 50.8 Å². The highest BCUT2D eigenvalue weighted by atomic mass is 28.3. The fraction of sp³-hybridized carbons (Fsp3) is 1.00. The van der Waals surface area contributed by atoms with Gasteiger partial charge in [-0.1, -0.05) is 123 Å². The Bertz CT molecular complexity index is 474. The Kier molecular flexibility index (Phi) is 15.8. The molecule has 0 aliphatic heterocycles. The second kappa shape index (κ2) is 16.1. The molecule has 0 spiro atoms. The molecule has 0 aromatic rings. The van der Waals surface area contributed by atoms with Gasteiger partial charge in [0.25, 0.3) is 0 Å². The number of nitrogens with zero attached hydrogens (tertiary/aromatic N) is 3. The molecule has 30 heavy (non-hydrogen) atoms. The van der Waals surface area contributed by atoms with Crippen LogP contribution in [0.3, 0.4) is 0 Å². The topological polar surface area (TPSA) is 89.2 Å². The van der Waals surface area contributed by atoms with Gasteiger partial charge < -0.3 is 10.2 Å². The van der Waals surface area contributed by atoms with Gasteiger partial charge in [-0.2, -0.15) is 0 Å². The van der Waals surface area contributed by atoms with Crippen LogP contribution in [-0.4, -0.2) is 36.5 Å². The summed E-state index contributed by atoms with van der Waals surface area (Å²) in [5, 5.41) is 25.1. The van der Waals surface area contributed by atoms with E-state index in [0.717, 1.165) is 12.8 Å². The average Bonchev–Trinajstić information content (AvgIpc) is 2.66. The summed E-state index contributed by atoms with van der Waals surface area (Å²) < 4.78 is 0. The van der Waals surface area contributed by atoms with Crippen LogP contribution in [0.2, 0.25) is 24.2 Å². The van der Waals surface area contributed by atoms with Gasteiger partial charge in [0, 0.05) is 4.91 Å². The van der Waals surface area contributed by atoms with E-state index in [0.29, 0.717) is 12.5 Å². The molecule has 0 rings (SSSR count). The summed E-state index contributed by atoms with van der Waals surface area (Å²) in [6, 6.07) is 0.153. The van der Waals surface area contributed by atoms with Crippen LogP contribution < -0.4 is 0 Å².